The van der Waals surface area contributed by atoms with Crippen LogP contribution in [0.15, 0.2) is 24.3 Å². The number of benzene rings is 1. The molecule has 0 fully saturated rings. The highest BCUT2D eigenvalue weighted by atomic mass is 35.5. The molecule has 16 heavy (non-hydrogen) atoms. The number of ether oxygens (including phenoxy) is 1. The second-order valence-corrected chi connectivity index (χ2v) is 3.83. The Morgan fingerprint density at radius 1 is 1.50 bits per heavy atom. The first-order valence-electron chi connectivity index (χ1n) is 5.24. The Morgan fingerprint density at radius 3 is 3.00 bits per heavy atom. The van der Waals surface area contributed by atoms with Crippen LogP contribution in [0.2, 0.25) is 0 Å². The minimum atomic E-state index is -0.0340. The van der Waals surface area contributed by atoms with Crippen LogP contribution in [0.3, 0.4) is 0 Å². The molecule has 0 aliphatic heterocycles. The number of rotatable bonds is 6. The quantitative estimate of drug-likeness (QED) is 0.775. The van der Waals surface area contributed by atoms with E-state index in [1.807, 2.05) is 31.2 Å². The molecule has 0 aromatic heterocycles. The number of nitrogens with one attached hydrogen (secondary N) is 1. The first-order valence-corrected chi connectivity index (χ1v) is 5.78. The molecule has 1 amide bonds. The standard InChI is InChI=1S/C12H16ClNO2/c1-10-3-2-4-11(9-10)16-8-5-12(15)14-7-6-13/h2-4,9H,5-8H2,1H3,(H,14,15). The number of aryl methyl sites for hydroxylation is 1. The molecule has 0 saturated carbocycles. The molecule has 4 heteroatoms. The summed E-state index contributed by atoms with van der Waals surface area (Å²) in [4.78, 5) is 11.2. The van der Waals surface area contributed by atoms with Crippen LogP contribution >= 0.6 is 11.6 Å². The van der Waals surface area contributed by atoms with E-state index in [2.05, 4.69) is 5.32 Å². The Hall–Kier alpha value is -1.22. The zero-order valence-corrected chi connectivity index (χ0v) is 10.1. The summed E-state index contributed by atoms with van der Waals surface area (Å²) >= 11 is 5.45. The van der Waals surface area contributed by atoms with Crippen LogP contribution in [0.5, 0.6) is 5.75 Å². The maximum Gasteiger partial charge on any atom is 0.223 e. The van der Waals surface area contributed by atoms with Crippen molar-refractivity contribution in [2.45, 2.75) is 13.3 Å². The summed E-state index contributed by atoms with van der Waals surface area (Å²) in [5.41, 5.74) is 1.14. The van der Waals surface area contributed by atoms with E-state index in [4.69, 9.17) is 16.3 Å². The molecule has 0 aliphatic rings. The van der Waals surface area contributed by atoms with Gasteiger partial charge < -0.3 is 10.1 Å². The van der Waals surface area contributed by atoms with E-state index in [0.29, 0.717) is 25.5 Å². The summed E-state index contributed by atoms with van der Waals surface area (Å²) in [6.45, 7) is 2.89. The molecule has 1 rings (SSSR count). The lowest BCUT2D eigenvalue weighted by molar-refractivity contribution is -0.121. The van der Waals surface area contributed by atoms with Gasteiger partial charge in [0.1, 0.15) is 5.75 Å². The van der Waals surface area contributed by atoms with Gasteiger partial charge in [0.25, 0.3) is 0 Å². The molecule has 1 N–H and O–H groups in total. The number of halogens is 1. The second-order valence-electron chi connectivity index (χ2n) is 3.45. The van der Waals surface area contributed by atoms with E-state index < -0.39 is 0 Å². The third-order valence-corrected chi connectivity index (χ3v) is 2.19. The van der Waals surface area contributed by atoms with Crippen molar-refractivity contribution >= 4 is 17.5 Å². The number of hydrogen-bond donors (Lipinski definition) is 1. The molecule has 0 saturated heterocycles. The van der Waals surface area contributed by atoms with Crippen LogP contribution in [0.4, 0.5) is 0 Å². The van der Waals surface area contributed by atoms with Gasteiger partial charge in [-0.25, -0.2) is 0 Å². The van der Waals surface area contributed by atoms with E-state index >= 15 is 0 Å². The van der Waals surface area contributed by atoms with Gasteiger partial charge in [0.05, 0.1) is 13.0 Å². The van der Waals surface area contributed by atoms with Gasteiger partial charge in [-0.2, -0.15) is 0 Å². The molecule has 0 radical (unpaired) electrons. The van der Waals surface area contributed by atoms with Crippen molar-refractivity contribution in [2.24, 2.45) is 0 Å². The van der Waals surface area contributed by atoms with Crippen molar-refractivity contribution < 1.29 is 9.53 Å². The molecule has 3 nitrogen and oxygen atoms in total. The Labute approximate surface area is 101 Å². The number of amides is 1. The van der Waals surface area contributed by atoms with E-state index in [9.17, 15) is 4.79 Å². The third-order valence-electron chi connectivity index (χ3n) is 2.00. The number of carbonyl (C=O) groups is 1. The number of carbonyl (C=O) groups excluding carboxylic acids is 1. The summed E-state index contributed by atoms with van der Waals surface area (Å²) in [7, 11) is 0. The van der Waals surface area contributed by atoms with E-state index in [-0.39, 0.29) is 5.91 Å². The SMILES string of the molecule is Cc1cccc(OCCC(=O)NCCCl)c1. The van der Waals surface area contributed by atoms with Crippen molar-refractivity contribution in [3.8, 4) is 5.75 Å². The van der Waals surface area contributed by atoms with Gasteiger partial charge in [0.2, 0.25) is 5.91 Å². The molecule has 88 valence electrons. The minimum absolute atomic E-state index is 0.0340. The normalized spacial score (nSPS) is 9.88. The highest BCUT2D eigenvalue weighted by molar-refractivity contribution is 6.18. The lowest BCUT2D eigenvalue weighted by Gasteiger charge is -2.06. The zero-order valence-electron chi connectivity index (χ0n) is 9.33. The smallest absolute Gasteiger partial charge is 0.223 e. The first-order chi connectivity index (χ1) is 7.72. The summed E-state index contributed by atoms with van der Waals surface area (Å²) in [5.74, 6) is 1.20. The van der Waals surface area contributed by atoms with Crippen LogP contribution in [0, 0.1) is 6.92 Å². The molecule has 0 spiro atoms. The van der Waals surface area contributed by atoms with Gasteiger partial charge in [0, 0.05) is 12.4 Å². The van der Waals surface area contributed by atoms with Crippen LogP contribution < -0.4 is 10.1 Å². The van der Waals surface area contributed by atoms with Crippen LogP contribution in [-0.4, -0.2) is 24.9 Å². The molecule has 0 bridgehead atoms. The minimum Gasteiger partial charge on any atom is -0.493 e. The maximum atomic E-state index is 11.2. The summed E-state index contributed by atoms with van der Waals surface area (Å²) < 4.78 is 5.44. The number of hydrogen-bond acceptors (Lipinski definition) is 2. The van der Waals surface area contributed by atoms with Crippen LogP contribution in [0.1, 0.15) is 12.0 Å². The Bertz CT molecular complexity index is 342. The monoisotopic (exact) mass is 241 g/mol. The van der Waals surface area contributed by atoms with Gasteiger partial charge in [0.15, 0.2) is 0 Å². The average molecular weight is 242 g/mol. The molecular weight excluding hydrogens is 226 g/mol. The highest BCUT2D eigenvalue weighted by Gasteiger charge is 2.00. The molecule has 0 atom stereocenters. The Morgan fingerprint density at radius 2 is 2.31 bits per heavy atom. The van der Waals surface area contributed by atoms with Gasteiger partial charge in [-0.1, -0.05) is 12.1 Å². The van der Waals surface area contributed by atoms with Gasteiger partial charge >= 0.3 is 0 Å². The van der Waals surface area contributed by atoms with Crippen molar-refractivity contribution in [2.75, 3.05) is 19.0 Å². The predicted molar refractivity (Wildman–Crippen MR) is 65.0 cm³/mol. The molecule has 0 heterocycles. The fourth-order valence-corrected chi connectivity index (χ4v) is 1.34. The summed E-state index contributed by atoms with van der Waals surface area (Å²) in [6, 6.07) is 7.75. The van der Waals surface area contributed by atoms with Gasteiger partial charge in [-0.15, -0.1) is 11.6 Å². The maximum absolute atomic E-state index is 11.2. The third kappa shape index (κ3) is 5.03. The van der Waals surface area contributed by atoms with Crippen molar-refractivity contribution in [3.05, 3.63) is 29.8 Å². The number of alkyl halides is 1. The second kappa shape index (κ2) is 7.12. The summed E-state index contributed by atoms with van der Waals surface area (Å²) in [5, 5.41) is 2.68. The largest absolute Gasteiger partial charge is 0.493 e. The van der Waals surface area contributed by atoms with Crippen LogP contribution in [-0.2, 0) is 4.79 Å². The molecule has 1 aromatic carbocycles. The fraction of sp³-hybridized carbons (Fsp3) is 0.417. The topological polar surface area (TPSA) is 38.3 Å². The molecule has 0 unspecified atom stereocenters. The lowest BCUT2D eigenvalue weighted by atomic mass is 10.2. The zero-order chi connectivity index (χ0) is 11.8. The molecule has 0 aliphatic carbocycles. The Kier molecular flexibility index (Phi) is 5.72. The van der Waals surface area contributed by atoms with E-state index in [0.717, 1.165) is 11.3 Å². The van der Waals surface area contributed by atoms with Gasteiger partial charge in [-0.05, 0) is 24.6 Å². The predicted octanol–water partition coefficient (Wildman–Crippen LogP) is 2.12. The molecular formula is C12H16ClNO2. The summed E-state index contributed by atoms with van der Waals surface area (Å²) in [6.07, 6.45) is 0.352. The fourth-order valence-electron chi connectivity index (χ4n) is 1.24. The Balaban J connectivity index is 2.22. The van der Waals surface area contributed by atoms with Crippen molar-refractivity contribution in [1.82, 2.24) is 5.32 Å². The van der Waals surface area contributed by atoms with Crippen molar-refractivity contribution in [3.63, 3.8) is 0 Å². The first kappa shape index (κ1) is 12.8. The molecule has 1 aromatic rings. The lowest BCUT2D eigenvalue weighted by Crippen LogP contribution is -2.26. The van der Waals surface area contributed by atoms with Crippen molar-refractivity contribution in [1.29, 1.82) is 0 Å². The van der Waals surface area contributed by atoms with Gasteiger partial charge in [-0.3, -0.25) is 4.79 Å². The van der Waals surface area contributed by atoms with Crippen LogP contribution in [0.25, 0.3) is 0 Å². The highest BCUT2D eigenvalue weighted by Crippen LogP contribution is 2.12. The van der Waals surface area contributed by atoms with E-state index in [1.165, 1.54) is 0 Å². The van der Waals surface area contributed by atoms with E-state index in [1.54, 1.807) is 0 Å². The average Bonchev–Trinajstić information content (AvgIpc) is 2.26.